The van der Waals surface area contributed by atoms with Crippen LogP contribution in [-0.4, -0.2) is 39.2 Å². The molecule has 3 aromatic carbocycles. The van der Waals surface area contributed by atoms with Crippen molar-refractivity contribution in [3.8, 4) is 0 Å². The van der Waals surface area contributed by atoms with E-state index in [0.717, 1.165) is 0 Å². The van der Waals surface area contributed by atoms with E-state index in [2.05, 4.69) is 5.32 Å². The molecule has 1 amide bonds. The zero-order valence-electron chi connectivity index (χ0n) is 18.4. The molecule has 35 heavy (non-hydrogen) atoms. The van der Waals surface area contributed by atoms with Gasteiger partial charge in [0.25, 0.3) is 5.69 Å². The molecule has 3 aliphatic rings. The quantitative estimate of drug-likeness (QED) is 0.328. The molecule has 176 valence electrons. The van der Waals surface area contributed by atoms with Gasteiger partial charge in [-0.3, -0.25) is 24.6 Å². The maximum absolute atomic E-state index is 14.6. The van der Waals surface area contributed by atoms with E-state index < -0.39 is 28.1 Å². The third-order valence-electron chi connectivity index (χ3n) is 7.39. The van der Waals surface area contributed by atoms with Crippen LogP contribution in [0.15, 0.2) is 72.8 Å². The number of halogens is 1. The normalized spacial score (nSPS) is 27.0. The number of hydrogen-bond acceptors (Lipinski definition) is 6. The standard InChI is InChI=1S/C26H20FN3O4S/c27-17-9-10-20-19(12-17)26(25(32)28-20)23(24(31)15-5-2-1-3-6-15)22(21-13-35-14-29(21)26)16-7-4-8-18(11-16)30(33)34/h1-12,21-23H,13-14H2,(H,28,32). The highest BCUT2D eigenvalue weighted by Gasteiger charge is 2.69. The van der Waals surface area contributed by atoms with E-state index in [-0.39, 0.29) is 23.4 Å². The van der Waals surface area contributed by atoms with Gasteiger partial charge in [0.2, 0.25) is 5.91 Å². The Hall–Kier alpha value is -3.56. The number of fused-ring (bicyclic) bond motifs is 4. The molecule has 0 aromatic heterocycles. The minimum absolute atomic E-state index is 0.0751. The lowest BCUT2D eigenvalue weighted by molar-refractivity contribution is -0.384. The molecule has 2 fully saturated rings. The van der Waals surface area contributed by atoms with Gasteiger partial charge in [0.05, 0.1) is 10.8 Å². The molecule has 9 heteroatoms. The summed E-state index contributed by atoms with van der Waals surface area (Å²) in [6.07, 6.45) is 0. The van der Waals surface area contributed by atoms with Gasteiger partial charge in [0.1, 0.15) is 11.4 Å². The molecule has 0 radical (unpaired) electrons. The number of amides is 1. The Morgan fingerprint density at radius 1 is 1.11 bits per heavy atom. The van der Waals surface area contributed by atoms with E-state index in [0.29, 0.717) is 34.0 Å². The summed E-state index contributed by atoms with van der Waals surface area (Å²) in [7, 11) is 0. The molecule has 4 atom stereocenters. The minimum Gasteiger partial charge on any atom is -0.324 e. The fourth-order valence-corrected chi connectivity index (χ4v) is 7.37. The van der Waals surface area contributed by atoms with Crippen LogP contribution in [0.25, 0.3) is 0 Å². The summed E-state index contributed by atoms with van der Waals surface area (Å²) in [5.41, 5.74) is 0.497. The Labute approximate surface area is 204 Å². The van der Waals surface area contributed by atoms with Crippen molar-refractivity contribution in [3.05, 3.63) is 105 Å². The zero-order valence-corrected chi connectivity index (χ0v) is 19.2. The van der Waals surface area contributed by atoms with Crippen LogP contribution in [0.1, 0.15) is 27.4 Å². The van der Waals surface area contributed by atoms with Crippen LogP contribution >= 0.6 is 11.8 Å². The maximum Gasteiger partial charge on any atom is 0.269 e. The molecule has 3 heterocycles. The van der Waals surface area contributed by atoms with Crippen molar-refractivity contribution in [1.29, 1.82) is 0 Å². The molecule has 2 saturated heterocycles. The fraction of sp³-hybridized carbons (Fsp3) is 0.231. The highest BCUT2D eigenvalue weighted by Crippen LogP contribution is 2.61. The number of ketones is 1. The van der Waals surface area contributed by atoms with Crippen molar-refractivity contribution < 1.29 is 18.9 Å². The Morgan fingerprint density at radius 2 is 1.91 bits per heavy atom. The third kappa shape index (κ3) is 3.08. The van der Waals surface area contributed by atoms with Crippen LogP contribution in [0.2, 0.25) is 0 Å². The summed E-state index contributed by atoms with van der Waals surface area (Å²) >= 11 is 1.63. The van der Waals surface area contributed by atoms with Gasteiger partial charge in [-0.05, 0) is 23.8 Å². The third-order valence-corrected chi connectivity index (χ3v) is 8.43. The van der Waals surface area contributed by atoms with Crippen LogP contribution in [-0.2, 0) is 10.3 Å². The lowest BCUT2D eigenvalue weighted by Crippen LogP contribution is -2.52. The number of nitrogens with zero attached hydrogens (tertiary/aromatic N) is 2. The van der Waals surface area contributed by atoms with Gasteiger partial charge in [-0.15, -0.1) is 11.8 Å². The van der Waals surface area contributed by atoms with Gasteiger partial charge >= 0.3 is 0 Å². The lowest BCUT2D eigenvalue weighted by Gasteiger charge is -2.36. The number of hydrogen-bond donors (Lipinski definition) is 1. The van der Waals surface area contributed by atoms with Gasteiger partial charge in [0, 0.05) is 52.5 Å². The number of nitro groups is 1. The average molecular weight is 490 g/mol. The highest BCUT2D eigenvalue weighted by atomic mass is 32.2. The van der Waals surface area contributed by atoms with E-state index in [4.69, 9.17) is 0 Å². The smallest absolute Gasteiger partial charge is 0.269 e. The predicted molar refractivity (Wildman–Crippen MR) is 130 cm³/mol. The first-order valence-corrected chi connectivity index (χ1v) is 12.4. The van der Waals surface area contributed by atoms with Gasteiger partial charge in [-0.25, -0.2) is 4.39 Å². The highest BCUT2D eigenvalue weighted by molar-refractivity contribution is 7.99. The minimum atomic E-state index is -1.42. The second-order valence-corrected chi connectivity index (χ2v) is 10.0. The van der Waals surface area contributed by atoms with Crippen LogP contribution in [0.4, 0.5) is 15.8 Å². The first-order chi connectivity index (χ1) is 16.9. The summed E-state index contributed by atoms with van der Waals surface area (Å²) in [4.78, 5) is 41.2. The Bertz CT molecular complexity index is 1380. The van der Waals surface area contributed by atoms with E-state index in [9.17, 15) is 24.1 Å². The van der Waals surface area contributed by atoms with Crippen molar-refractivity contribution >= 4 is 34.8 Å². The van der Waals surface area contributed by atoms with Crippen LogP contribution in [0, 0.1) is 21.8 Å². The van der Waals surface area contributed by atoms with Crippen molar-refractivity contribution in [2.45, 2.75) is 17.5 Å². The number of Topliss-reactive ketones (excluding diaryl/α,β-unsaturated/α-hetero) is 1. The maximum atomic E-state index is 14.6. The zero-order chi connectivity index (χ0) is 24.3. The molecule has 0 saturated carbocycles. The van der Waals surface area contributed by atoms with Crippen LogP contribution in [0.5, 0.6) is 0 Å². The summed E-state index contributed by atoms with van der Waals surface area (Å²) in [5.74, 6) is -1.38. The fourth-order valence-electron chi connectivity index (χ4n) is 6.05. The van der Waals surface area contributed by atoms with E-state index >= 15 is 0 Å². The first-order valence-electron chi connectivity index (χ1n) is 11.2. The van der Waals surface area contributed by atoms with Gasteiger partial charge in [-0.2, -0.15) is 0 Å². The number of nitro benzene ring substituents is 1. The van der Waals surface area contributed by atoms with Crippen molar-refractivity contribution in [2.24, 2.45) is 5.92 Å². The van der Waals surface area contributed by atoms with Crippen LogP contribution in [0.3, 0.4) is 0 Å². The van der Waals surface area contributed by atoms with E-state index in [1.165, 1.54) is 30.3 Å². The number of nitrogens with one attached hydrogen (secondary N) is 1. The largest absolute Gasteiger partial charge is 0.324 e. The molecule has 1 N–H and O–H groups in total. The van der Waals surface area contributed by atoms with Crippen molar-refractivity contribution in [1.82, 2.24) is 4.90 Å². The second-order valence-electron chi connectivity index (χ2n) is 9.03. The average Bonchev–Trinajstić information content (AvgIpc) is 3.52. The summed E-state index contributed by atoms with van der Waals surface area (Å²) < 4.78 is 14.6. The lowest BCUT2D eigenvalue weighted by atomic mass is 9.69. The molecule has 3 aliphatic heterocycles. The van der Waals surface area contributed by atoms with E-state index in [1.54, 1.807) is 54.2 Å². The van der Waals surface area contributed by atoms with Gasteiger partial charge in [-0.1, -0.05) is 42.5 Å². The number of carbonyl (C=O) groups excluding carboxylic acids is 2. The van der Waals surface area contributed by atoms with Crippen molar-refractivity contribution in [2.75, 3.05) is 16.9 Å². The topological polar surface area (TPSA) is 92.5 Å². The van der Waals surface area contributed by atoms with Crippen LogP contribution < -0.4 is 5.32 Å². The van der Waals surface area contributed by atoms with Gasteiger partial charge in [0.15, 0.2) is 5.78 Å². The number of anilines is 1. The number of benzene rings is 3. The molecule has 0 bridgehead atoms. The van der Waals surface area contributed by atoms with Crippen molar-refractivity contribution in [3.63, 3.8) is 0 Å². The molecule has 3 aromatic rings. The number of rotatable bonds is 4. The molecule has 1 spiro atoms. The molecular formula is C26H20FN3O4S. The van der Waals surface area contributed by atoms with Gasteiger partial charge < -0.3 is 5.32 Å². The number of thioether (sulfide) groups is 1. The summed E-state index contributed by atoms with van der Waals surface area (Å²) in [6.45, 7) is 0. The Kier molecular flexibility index (Phi) is 5.01. The molecule has 6 rings (SSSR count). The Morgan fingerprint density at radius 3 is 2.69 bits per heavy atom. The van der Waals surface area contributed by atoms with E-state index in [1.807, 2.05) is 4.90 Å². The SMILES string of the molecule is O=C(c1ccccc1)C1C(c2cccc([N+](=O)[O-])c2)C2CSCN2C12C(=O)Nc1ccc(F)cc12. The monoisotopic (exact) mass is 489 g/mol. The molecular weight excluding hydrogens is 469 g/mol. The number of carbonyl (C=O) groups is 2. The molecule has 4 unspecified atom stereocenters. The molecule has 0 aliphatic carbocycles. The predicted octanol–water partition coefficient (Wildman–Crippen LogP) is 4.55. The second kappa shape index (κ2) is 8.00. The summed E-state index contributed by atoms with van der Waals surface area (Å²) in [5, 5.41) is 14.4. The molecule has 7 nitrogen and oxygen atoms in total. The Balaban J connectivity index is 1.63. The summed E-state index contributed by atoms with van der Waals surface area (Å²) in [6, 6.07) is 19.0. The number of non-ortho nitro benzene ring substituents is 1. The first kappa shape index (κ1) is 21.9.